The van der Waals surface area contributed by atoms with Crippen molar-refractivity contribution in [3.8, 4) is 0 Å². The Morgan fingerprint density at radius 3 is 3.06 bits per heavy atom. The first-order valence-corrected chi connectivity index (χ1v) is 7.18. The minimum absolute atomic E-state index is 0.294. The maximum absolute atomic E-state index is 6.23. The van der Waals surface area contributed by atoms with Crippen LogP contribution in [0.25, 0.3) is 0 Å². The third kappa shape index (κ3) is 1.83. The van der Waals surface area contributed by atoms with E-state index in [1.807, 2.05) is 0 Å². The van der Waals surface area contributed by atoms with Crippen LogP contribution in [0.3, 0.4) is 0 Å². The number of hydrogen-bond acceptors (Lipinski definition) is 1. The lowest BCUT2D eigenvalue weighted by Crippen LogP contribution is -2.18. The second kappa shape index (κ2) is 4.16. The molecule has 3 atom stereocenters. The summed E-state index contributed by atoms with van der Waals surface area (Å²) < 4.78 is 2.62. The van der Waals surface area contributed by atoms with Gasteiger partial charge in [0.25, 0.3) is 0 Å². The third-order valence-corrected chi connectivity index (χ3v) is 4.57. The van der Waals surface area contributed by atoms with Crippen molar-refractivity contribution in [3.05, 3.63) is 23.0 Å². The van der Waals surface area contributed by atoms with Gasteiger partial charge in [-0.15, -0.1) is 0 Å². The second-order valence-electron chi connectivity index (χ2n) is 5.91. The van der Waals surface area contributed by atoms with E-state index >= 15 is 0 Å². The van der Waals surface area contributed by atoms with E-state index in [-0.39, 0.29) is 0 Å². The Labute approximate surface area is 104 Å². The molecule has 2 nitrogen and oxygen atoms in total. The van der Waals surface area contributed by atoms with Crippen molar-refractivity contribution in [1.82, 2.24) is 4.57 Å². The van der Waals surface area contributed by atoms with E-state index in [1.165, 1.54) is 49.8 Å². The van der Waals surface area contributed by atoms with Crippen molar-refractivity contribution in [2.24, 2.45) is 11.7 Å². The van der Waals surface area contributed by atoms with Gasteiger partial charge in [0.15, 0.2) is 0 Å². The topological polar surface area (TPSA) is 30.9 Å². The van der Waals surface area contributed by atoms with Gasteiger partial charge in [-0.05, 0) is 56.6 Å². The highest BCUT2D eigenvalue weighted by atomic mass is 15.1. The van der Waals surface area contributed by atoms with Crippen LogP contribution in [0.5, 0.6) is 0 Å². The molecular weight excluding hydrogens is 208 g/mol. The van der Waals surface area contributed by atoms with Crippen molar-refractivity contribution in [2.45, 2.75) is 64.5 Å². The Morgan fingerprint density at radius 1 is 1.47 bits per heavy atom. The molecule has 0 radical (unpaired) electrons. The molecule has 94 valence electrons. The number of fused-ring (bicyclic) bond motifs is 1. The minimum Gasteiger partial charge on any atom is -0.345 e. The second-order valence-corrected chi connectivity index (χ2v) is 5.91. The van der Waals surface area contributed by atoms with E-state index in [1.54, 1.807) is 5.69 Å². The van der Waals surface area contributed by atoms with Crippen molar-refractivity contribution in [1.29, 1.82) is 0 Å². The van der Waals surface area contributed by atoms with E-state index < -0.39 is 0 Å². The highest BCUT2D eigenvalue weighted by molar-refractivity contribution is 5.34. The molecule has 2 heteroatoms. The average Bonchev–Trinajstić information content (AvgIpc) is 2.94. The van der Waals surface area contributed by atoms with Crippen LogP contribution < -0.4 is 5.73 Å². The van der Waals surface area contributed by atoms with Crippen LogP contribution in [0.4, 0.5) is 0 Å². The molecule has 0 bridgehead atoms. The summed E-state index contributed by atoms with van der Waals surface area (Å²) >= 11 is 0. The summed E-state index contributed by atoms with van der Waals surface area (Å²) in [6, 6.07) is 3.44. The van der Waals surface area contributed by atoms with Crippen LogP contribution in [-0.2, 0) is 6.42 Å². The summed E-state index contributed by atoms with van der Waals surface area (Å²) in [5, 5.41) is 0. The first-order chi connectivity index (χ1) is 8.22. The van der Waals surface area contributed by atoms with Crippen LogP contribution in [0, 0.1) is 12.8 Å². The summed E-state index contributed by atoms with van der Waals surface area (Å²) in [6.07, 6.45) is 7.78. The van der Waals surface area contributed by atoms with Crippen LogP contribution in [0.15, 0.2) is 6.07 Å². The average molecular weight is 232 g/mol. The van der Waals surface area contributed by atoms with Crippen LogP contribution in [-0.4, -0.2) is 4.57 Å². The summed E-state index contributed by atoms with van der Waals surface area (Å²) in [5.41, 5.74) is 10.7. The molecule has 17 heavy (non-hydrogen) atoms. The van der Waals surface area contributed by atoms with Crippen LogP contribution in [0.2, 0.25) is 0 Å². The van der Waals surface area contributed by atoms with Gasteiger partial charge in [0.05, 0.1) is 0 Å². The molecule has 2 aliphatic carbocycles. The molecule has 1 fully saturated rings. The molecule has 1 aromatic heterocycles. The fourth-order valence-electron chi connectivity index (χ4n) is 3.65. The van der Waals surface area contributed by atoms with E-state index in [0.717, 1.165) is 12.0 Å². The summed E-state index contributed by atoms with van der Waals surface area (Å²) in [7, 11) is 0. The zero-order valence-electron chi connectivity index (χ0n) is 11.1. The molecule has 0 spiro atoms. The van der Waals surface area contributed by atoms with Crippen molar-refractivity contribution in [3.63, 3.8) is 0 Å². The van der Waals surface area contributed by atoms with Gasteiger partial charge >= 0.3 is 0 Å². The van der Waals surface area contributed by atoms with Gasteiger partial charge in [0.2, 0.25) is 0 Å². The molecule has 2 N–H and O–H groups in total. The number of hydrogen-bond donors (Lipinski definition) is 1. The van der Waals surface area contributed by atoms with Gasteiger partial charge in [-0.1, -0.05) is 13.3 Å². The minimum atomic E-state index is 0.294. The first-order valence-electron chi connectivity index (χ1n) is 7.18. The van der Waals surface area contributed by atoms with E-state index in [4.69, 9.17) is 5.73 Å². The Kier molecular flexibility index (Phi) is 2.78. The molecule has 0 amide bonds. The Hall–Kier alpha value is -0.760. The lowest BCUT2D eigenvalue weighted by molar-refractivity contribution is 0.524. The largest absolute Gasteiger partial charge is 0.345 e. The smallest absolute Gasteiger partial charge is 0.0368 e. The Balaban J connectivity index is 1.90. The van der Waals surface area contributed by atoms with Crippen LogP contribution in [0.1, 0.15) is 68.1 Å². The van der Waals surface area contributed by atoms with Crippen LogP contribution >= 0.6 is 0 Å². The Bertz CT molecular complexity index is 419. The van der Waals surface area contributed by atoms with E-state index in [9.17, 15) is 0 Å². The zero-order chi connectivity index (χ0) is 12.0. The standard InChI is InChI=1S/C15H24N2/c1-3-5-11-9-15(11)17-10(2)8-12-13(16)6-4-7-14(12)17/h8,11,13,15H,3-7,9,16H2,1-2H3. The number of aromatic nitrogens is 1. The molecule has 2 aliphatic rings. The molecule has 1 aromatic rings. The molecule has 3 unspecified atom stereocenters. The van der Waals surface area contributed by atoms with Crippen molar-refractivity contribution in [2.75, 3.05) is 0 Å². The predicted molar refractivity (Wildman–Crippen MR) is 71.1 cm³/mol. The molecule has 1 heterocycles. The molecule has 1 saturated carbocycles. The molecule has 0 saturated heterocycles. The van der Waals surface area contributed by atoms with Gasteiger partial charge < -0.3 is 10.3 Å². The first kappa shape index (κ1) is 11.3. The monoisotopic (exact) mass is 232 g/mol. The summed E-state index contributed by atoms with van der Waals surface area (Å²) in [5.74, 6) is 0.938. The quantitative estimate of drug-likeness (QED) is 0.849. The molecule has 0 aromatic carbocycles. The number of nitrogens with two attached hydrogens (primary N) is 1. The fraction of sp³-hybridized carbons (Fsp3) is 0.733. The van der Waals surface area contributed by atoms with Gasteiger partial charge in [0, 0.05) is 23.5 Å². The van der Waals surface area contributed by atoms with Gasteiger partial charge in [-0.3, -0.25) is 0 Å². The number of rotatable bonds is 3. The Morgan fingerprint density at radius 2 is 2.29 bits per heavy atom. The fourth-order valence-corrected chi connectivity index (χ4v) is 3.65. The van der Waals surface area contributed by atoms with E-state index in [2.05, 4.69) is 24.5 Å². The predicted octanol–water partition coefficient (Wildman–Crippen LogP) is 3.49. The highest BCUT2D eigenvalue weighted by Crippen LogP contribution is 2.49. The van der Waals surface area contributed by atoms with Gasteiger partial charge in [-0.25, -0.2) is 0 Å². The normalized spacial score (nSPS) is 31.4. The number of aryl methyl sites for hydroxylation is 1. The van der Waals surface area contributed by atoms with Crippen molar-refractivity contribution >= 4 is 0 Å². The highest BCUT2D eigenvalue weighted by Gasteiger charge is 2.40. The lowest BCUT2D eigenvalue weighted by Gasteiger charge is -2.21. The molecule has 3 rings (SSSR count). The van der Waals surface area contributed by atoms with Gasteiger partial charge in [0.1, 0.15) is 0 Å². The van der Waals surface area contributed by atoms with Gasteiger partial charge in [-0.2, -0.15) is 0 Å². The molecular formula is C15H24N2. The SMILES string of the molecule is CCCC1CC1n1c(C)cc2c1CCCC2N. The number of nitrogens with zero attached hydrogens (tertiary/aromatic N) is 1. The zero-order valence-corrected chi connectivity index (χ0v) is 11.1. The summed E-state index contributed by atoms with van der Waals surface area (Å²) in [6.45, 7) is 4.55. The van der Waals surface area contributed by atoms with Crippen molar-refractivity contribution < 1.29 is 0 Å². The summed E-state index contributed by atoms with van der Waals surface area (Å²) in [4.78, 5) is 0. The lowest BCUT2D eigenvalue weighted by atomic mass is 9.93. The third-order valence-electron chi connectivity index (χ3n) is 4.57. The van der Waals surface area contributed by atoms with E-state index in [0.29, 0.717) is 6.04 Å². The maximum Gasteiger partial charge on any atom is 0.0368 e. The molecule has 0 aliphatic heterocycles. The maximum atomic E-state index is 6.23.